The third-order valence-corrected chi connectivity index (χ3v) is 2.99. The van der Waals surface area contributed by atoms with E-state index in [1.807, 2.05) is 0 Å². The third kappa shape index (κ3) is 2.00. The molecule has 1 unspecified atom stereocenters. The van der Waals surface area contributed by atoms with Crippen molar-refractivity contribution in [1.82, 2.24) is 15.2 Å². The van der Waals surface area contributed by atoms with Crippen LogP contribution in [0.15, 0.2) is 4.63 Å². The van der Waals surface area contributed by atoms with Crippen molar-refractivity contribution in [3.05, 3.63) is 5.69 Å². The standard InChI is InChI=1S/C10H16N4O2/c1-2-3-7-4-5-14(6-7)10(15)8-9(11)13-16-12-8/h7H,2-6H2,1H3,(H2,11,13). The van der Waals surface area contributed by atoms with E-state index in [-0.39, 0.29) is 17.4 Å². The van der Waals surface area contributed by atoms with Gasteiger partial charge in [-0.1, -0.05) is 13.3 Å². The molecule has 2 rings (SSSR count). The molecule has 1 atom stereocenters. The molecule has 0 spiro atoms. The molecule has 0 radical (unpaired) electrons. The highest BCUT2D eigenvalue weighted by molar-refractivity contribution is 5.96. The van der Waals surface area contributed by atoms with Crippen LogP contribution < -0.4 is 5.73 Å². The molecule has 1 amide bonds. The van der Waals surface area contributed by atoms with Crippen LogP contribution in [-0.4, -0.2) is 34.2 Å². The first kappa shape index (κ1) is 10.9. The quantitative estimate of drug-likeness (QED) is 0.824. The van der Waals surface area contributed by atoms with Crippen molar-refractivity contribution in [2.75, 3.05) is 18.8 Å². The Morgan fingerprint density at radius 2 is 2.44 bits per heavy atom. The van der Waals surface area contributed by atoms with Gasteiger partial charge in [-0.05, 0) is 29.1 Å². The number of likely N-dealkylation sites (tertiary alicyclic amines) is 1. The largest absolute Gasteiger partial charge is 0.379 e. The highest BCUT2D eigenvalue weighted by atomic mass is 16.6. The molecule has 1 aromatic heterocycles. The maximum absolute atomic E-state index is 12.0. The molecule has 2 N–H and O–H groups in total. The number of rotatable bonds is 3. The maximum atomic E-state index is 12.0. The second kappa shape index (κ2) is 4.51. The van der Waals surface area contributed by atoms with Gasteiger partial charge in [-0.3, -0.25) is 4.79 Å². The summed E-state index contributed by atoms with van der Waals surface area (Å²) in [4.78, 5) is 13.7. The molecule has 1 fully saturated rings. The van der Waals surface area contributed by atoms with Gasteiger partial charge in [-0.2, -0.15) is 0 Å². The molecular formula is C10H16N4O2. The lowest BCUT2D eigenvalue weighted by molar-refractivity contribution is 0.0776. The SMILES string of the molecule is CCCC1CCN(C(=O)c2nonc2N)C1. The summed E-state index contributed by atoms with van der Waals surface area (Å²) in [5, 5.41) is 6.94. The Kier molecular flexibility index (Phi) is 3.07. The molecule has 2 heterocycles. The Bertz CT molecular complexity index is 377. The molecule has 1 aliphatic rings. The topological polar surface area (TPSA) is 85.2 Å². The molecule has 1 saturated heterocycles. The molecule has 0 aromatic carbocycles. The van der Waals surface area contributed by atoms with Crippen LogP contribution in [-0.2, 0) is 0 Å². The van der Waals surface area contributed by atoms with E-state index in [0.717, 1.165) is 32.4 Å². The molecule has 88 valence electrons. The molecule has 1 aliphatic heterocycles. The second-order valence-electron chi connectivity index (χ2n) is 4.19. The number of nitrogens with two attached hydrogens (primary N) is 1. The Balaban J connectivity index is 2.00. The van der Waals surface area contributed by atoms with E-state index in [9.17, 15) is 4.79 Å². The molecule has 0 saturated carbocycles. The molecule has 0 bridgehead atoms. The minimum absolute atomic E-state index is 0.0731. The number of aromatic nitrogens is 2. The van der Waals surface area contributed by atoms with Gasteiger partial charge in [0.15, 0.2) is 0 Å². The fourth-order valence-corrected chi connectivity index (χ4v) is 2.15. The summed E-state index contributed by atoms with van der Waals surface area (Å²) in [5.74, 6) is 0.510. The number of carbonyl (C=O) groups excluding carboxylic acids is 1. The summed E-state index contributed by atoms with van der Waals surface area (Å²) in [6, 6.07) is 0. The van der Waals surface area contributed by atoms with Crippen LogP contribution in [0.25, 0.3) is 0 Å². The van der Waals surface area contributed by atoms with Gasteiger partial charge in [0.2, 0.25) is 11.5 Å². The van der Waals surface area contributed by atoms with Gasteiger partial charge >= 0.3 is 0 Å². The van der Waals surface area contributed by atoms with Crippen molar-refractivity contribution in [3.8, 4) is 0 Å². The molecule has 16 heavy (non-hydrogen) atoms. The Morgan fingerprint density at radius 1 is 1.62 bits per heavy atom. The first-order valence-electron chi connectivity index (χ1n) is 5.59. The highest BCUT2D eigenvalue weighted by Crippen LogP contribution is 2.22. The maximum Gasteiger partial charge on any atom is 0.280 e. The van der Waals surface area contributed by atoms with Crippen LogP contribution in [0.2, 0.25) is 0 Å². The molecular weight excluding hydrogens is 208 g/mol. The number of carbonyl (C=O) groups is 1. The number of hydrogen-bond acceptors (Lipinski definition) is 5. The number of nitrogens with zero attached hydrogens (tertiary/aromatic N) is 3. The van der Waals surface area contributed by atoms with Crippen LogP contribution in [0.1, 0.15) is 36.7 Å². The average Bonchev–Trinajstić information content (AvgIpc) is 2.87. The van der Waals surface area contributed by atoms with E-state index in [2.05, 4.69) is 21.9 Å². The van der Waals surface area contributed by atoms with Crippen LogP contribution in [0.4, 0.5) is 5.82 Å². The van der Waals surface area contributed by atoms with Gasteiger partial charge in [0.25, 0.3) is 5.91 Å². The van der Waals surface area contributed by atoms with Gasteiger partial charge < -0.3 is 10.6 Å². The van der Waals surface area contributed by atoms with Crippen molar-refractivity contribution in [1.29, 1.82) is 0 Å². The van der Waals surface area contributed by atoms with Crippen molar-refractivity contribution >= 4 is 11.7 Å². The molecule has 6 nitrogen and oxygen atoms in total. The summed E-state index contributed by atoms with van der Waals surface area (Å²) in [6.45, 7) is 3.72. The fraction of sp³-hybridized carbons (Fsp3) is 0.700. The predicted octanol–water partition coefficient (Wildman–Crippen LogP) is 0.914. The summed E-state index contributed by atoms with van der Waals surface area (Å²) in [6.07, 6.45) is 3.38. The lowest BCUT2D eigenvalue weighted by Crippen LogP contribution is -2.29. The van der Waals surface area contributed by atoms with Gasteiger partial charge in [-0.25, -0.2) is 4.63 Å². The summed E-state index contributed by atoms with van der Waals surface area (Å²) in [7, 11) is 0. The first-order valence-corrected chi connectivity index (χ1v) is 5.59. The molecule has 1 aromatic rings. The van der Waals surface area contributed by atoms with Gasteiger partial charge in [0.1, 0.15) is 0 Å². The van der Waals surface area contributed by atoms with E-state index in [0.29, 0.717) is 5.92 Å². The molecule has 6 heteroatoms. The van der Waals surface area contributed by atoms with E-state index < -0.39 is 0 Å². The number of hydrogen-bond donors (Lipinski definition) is 1. The zero-order valence-corrected chi connectivity index (χ0v) is 9.35. The van der Waals surface area contributed by atoms with Crippen molar-refractivity contribution in [2.24, 2.45) is 5.92 Å². The molecule has 0 aliphatic carbocycles. The Morgan fingerprint density at radius 3 is 3.06 bits per heavy atom. The number of amides is 1. The third-order valence-electron chi connectivity index (χ3n) is 2.99. The van der Waals surface area contributed by atoms with E-state index >= 15 is 0 Å². The van der Waals surface area contributed by atoms with Crippen molar-refractivity contribution < 1.29 is 9.42 Å². The zero-order valence-electron chi connectivity index (χ0n) is 9.35. The number of nitrogen functional groups attached to an aromatic ring is 1. The van der Waals surface area contributed by atoms with Crippen LogP contribution in [0.5, 0.6) is 0 Å². The lowest BCUT2D eigenvalue weighted by Gasteiger charge is -2.14. The number of anilines is 1. The van der Waals surface area contributed by atoms with E-state index in [1.54, 1.807) is 4.90 Å². The summed E-state index contributed by atoms with van der Waals surface area (Å²) >= 11 is 0. The van der Waals surface area contributed by atoms with Crippen molar-refractivity contribution in [2.45, 2.75) is 26.2 Å². The second-order valence-corrected chi connectivity index (χ2v) is 4.19. The minimum atomic E-state index is -0.169. The normalized spacial score (nSPS) is 20.3. The predicted molar refractivity (Wildman–Crippen MR) is 57.6 cm³/mol. The van der Waals surface area contributed by atoms with Gasteiger partial charge in [0.05, 0.1) is 0 Å². The van der Waals surface area contributed by atoms with E-state index in [1.165, 1.54) is 0 Å². The van der Waals surface area contributed by atoms with Crippen LogP contribution in [0.3, 0.4) is 0 Å². The highest BCUT2D eigenvalue weighted by Gasteiger charge is 2.29. The van der Waals surface area contributed by atoms with Crippen LogP contribution in [0, 0.1) is 5.92 Å². The van der Waals surface area contributed by atoms with Crippen molar-refractivity contribution in [3.63, 3.8) is 0 Å². The lowest BCUT2D eigenvalue weighted by atomic mass is 10.0. The average molecular weight is 224 g/mol. The minimum Gasteiger partial charge on any atom is -0.379 e. The smallest absolute Gasteiger partial charge is 0.280 e. The first-order chi connectivity index (χ1) is 7.72. The van der Waals surface area contributed by atoms with Crippen LogP contribution >= 0.6 is 0 Å². The van der Waals surface area contributed by atoms with Gasteiger partial charge in [0, 0.05) is 13.1 Å². The van der Waals surface area contributed by atoms with Gasteiger partial charge in [-0.15, -0.1) is 0 Å². The zero-order chi connectivity index (χ0) is 11.5. The monoisotopic (exact) mass is 224 g/mol. The summed E-state index contributed by atoms with van der Waals surface area (Å²) in [5.41, 5.74) is 5.62. The summed E-state index contributed by atoms with van der Waals surface area (Å²) < 4.78 is 4.43. The fourth-order valence-electron chi connectivity index (χ4n) is 2.15. The Labute approximate surface area is 93.7 Å². The Hall–Kier alpha value is -1.59. The van der Waals surface area contributed by atoms with E-state index in [4.69, 9.17) is 5.73 Å².